The highest BCUT2D eigenvalue weighted by Crippen LogP contribution is 2.25. The number of nitrogens with one attached hydrogen (secondary N) is 1. The zero-order valence-electron chi connectivity index (χ0n) is 15.4. The lowest BCUT2D eigenvalue weighted by Crippen LogP contribution is -2.49. The van der Waals surface area contributed by atoms with Crippen LogP contribution in [0.4, 0.5) is 4.79 Å². The van der Waals surface area contributed by atoms with E-state index >= 15 is 0 Å². The van der Waals surface area contributed by atoms with E-state index in [0.717, 1.165) is 0 Å². The highest BCUT2D eigenvalue weighted by molar-refractivity contribution is 6.31. The van der Waals surface area contributed by atoms with Crippen LogP contribution < -0.4 is 5.73 Å². The number of carbonyl (C=O) groups excluding carboxylic acids is 2. The lowest BCUT2D eigenvalue weighted by molar-refractivity contribution is -0.150. The van der Waals surface area contributed by atoms with Gasteiger partial charge in [0.25, 0.3) is 0 Å². The maximum Gasteiger partial charge on any atom is 0.410 e. The van der Waals surface area contributed by atoms with Crippen LogP contribution in [0.15, 0.2) is 17.4 Å². The van der Waals surface area contributed by atoms with Gasteiger partial charge >= 0.3 is 12.1 Å². The standard InChI is InChI=1S/C17H25ClN4O4/c1-10-5-6-11(9-22(10)16(24)25-17(2,3)4)15(23)26-21-14(19)13-7-12(18)8-20-13/h7-8,10-11,20H,5-6,9H2,1-4H3,(H2,19,21)/t10-,11?/m1/s1. The molecule has 0 aromatic carbocycles. The second-order valence-corrected chi connectivity index (χ2v) is 7.81. The molecular formula is C17H25ClN4O4. The first-order valence-corrected chi connectivity index (χ1v) is 8.83. The fraction of sp³-hybridized carbons (Fsp3) is 0.588. The summed E-state index contributed by atoms with van der Waals surface area (Å²) in [6.07, 6.45) is 2.38. The average molecular weight is 385 g/mol. The molecule has 144 valence electrons. The van der Waals surface area contributed by atoms with Crippen molar-refractivity contribution in [2.75, 3.05) is 6.54 Å². The summed E-state index contributed by atoms with van der Waals surface area (Å²) in [5.41, 5.74) is 5.61. The van der Waals surface area contributed by atoms with E-state index in [9.17, 15) is 9.59 Å². The van der Waals surface area contributed by atoms with E-state index < -0.39 is 23.6 Å². The third kappa shape index (κ3) is 5.39. The summed E-state index contributed by atoms with van der Waals surface area (Å²) in [4.78, 5) is 33.9. The largest absolute Gasteiger partial charge is 0.444 e. The van der Waals surface area contributed by atoms with Gasteiger partial charge in [-0.05, 0) is 46.6 Å². The minimum absolute atomic E-state index is 0.0106. The van der Waals surface area contributed by atoms with Gasteiger partial charge < -0.3 is 25.2 Å². The predicted octanol–water partition coefficient (Wildman–Crippen LogP) is 2.87. The van der Waals surface area contributed by atoms with Crippen LogP contribution in [0, 0.1) is 5.92 Å². The van der Waals surface area contributed by atoms with Crippen LogP contribution in [0.3, 0.4) is 0 Å². The molecule has 1 amide bonds. The molecule has 2 atom stereocenters. The number of aromatic nitrogens is 1. The summed E-state index contributed by atoms with van der Waals surface area (Å²) in [6.45, 7) is 7.55. The SMILES string of the molecule is C[C@@H]1CCC(C(=O)ON=C(N)c2cc(Cl)c[nH]2)CN1C(=O)OC(C)(C)C. The number of amidine groups is 1. The van der Waals surface area contributed by atoms with E-state index in [1.807, 2.05) is 6.92 Å². The number of oxime groups is 1. The molecular weight excluding hydrogens is 360 g/mol. The second kappa shape index (κ2) is 7.99. The molecule has 1 aromatic rings. The molecule has 1 aliphatic rings. The van der Waals surface area contributed by atoms with Crippen molar-refractivity contribution >= 4 is 29.5 Å². The van der Waals surface area contributed by atoms with Crippen molar-refractivity contribution in [3.05, 3.63) is 23.0 Å². The van der Waals surface area contributed by atoms with E-state index in [1.165, 1.54) is 0 Å². The zero-order valence-corrected chi connectivity index (χ0v) is 16.2. The fourth-order valence-electron chi connectivity index (χ4n) is 2.61. The van der Waals surface area contributed by atoms with E-state index in [-0.39, 0.29) is 18.4 Å². The summed E-state index contributed by atoms with van der Waals surface area (Å²) in [6, 6.07) is 1.56. The van der Waals surface area contributed by atoms with Crippen molar-refractivity contribution in [2.45, 2.75) is 52.2 Å². The van der Waals surface area contributed by atoms with E-state index in [2.05, 4.69) is 10.1 Å². The van der Waals surface area contributed by atoms with Crippen molar-refractivity contribution in [2.24, 2.45) is 16.8 Å². The molecule has 1 saturated heterocycles. The minimum Gasteiger partial charge on any atom is -0.444 e. The van der Waals surface area contributed by atoms with Gasteiger partial charge in [-0.1, -0.05) is 16.8 Å². The summed E-state index contributed by atoms with van der Waals surface area (Å²) >= 11 is 5.80. The Bertz CT molecular complexity index is 695. The number of ether oxygens (including phenoxy) is 1. The van der Waals surface area contributed by atoms with Crippen LogP contribution in [0.2, 0.25) is 5.02 Å². The number of halogens is 1. The molecule has 0 radical (unpaired) electrons. The molecule has 0 saturated carbocycles. The molecule has 2 heterocycles. The molecule has 0 bridgehead atoms. The average Bonchev–Trinajstić information content (AvgIpc) is 2.97. The number of likely N-dealkylation sites (tertiary alicyclic amines) is 1. The van der Waals surface area contributed by atoms with Crippen molar-refractivity contribution in [1.29, 1.82) is 0 Å². The highest BCUT2D eigenvalue weighted by atomic mass is 35.5. The number of carbonyl (C=O) groups is 2. The van der Waals surface area contributed by atoms with E-state index in [4.69, 9.17) is 26.9 Å². The number of piperidine rings is 1. The van der Waals surface area contributed by atoms with Gasteiger partial charge in [0.1, 0.15) is 5.60 Å². The van der Waals surface area contributed by atoms with Crippen LogP contribution in [-0.2, 0) is 14.4 Å². The third-order valence-corrected chi connectivity index (χ3v) is 4.22. The molecule has 0 aliphatic carbocycles. The topological polar surface area (TPSA) is 110 Å². The molecule has 3 N–H and O–H groups in total. The number of aromatic amines is 1. The Kier molecular flexibility index (Phi) is 6.17. The van der Waals surface area contributed by atoms with Crippen LogP contribution in [-0.4, -0.2) is 46.0 Å². The first-order chi connectivity index (χ1) is 12.1. The van der Waals surface area contributed by atoms with Gasteiger partial charge in [0.15, 0.2) is 5.84 Å². The molecule has 9 heteroatoms. The smallest absolute Gasteiger partial charge is 0.410 e. The van der Waals surface area contributed by atoms with Gasteiger partial charge in [-0.15, -0.1) is 0 Å². The lowest BCUT2D eigenvalue weighted by atomic mass is 9.94. The number of amides is 1. The van der Waals surface area contributed by atoms with Crippen LogP contribution in [0.5, 0.6) is 0 Å². The van der Waals surface area contributed by atoms with Gasteiger partial charge in [0.2, 0.25) is 0 Å². The number of hydrogen-bond donors (Lipinski definition) is 2. The molecule has 1 aromatic heterocycles. The Balaban J connectivity index is 1.97. The Morgan fingerprint density at radius 1 is 1.38 bits per heavy atom. The first-order valence-electron chi connectivity index (χ1n) is 8.45. The molecule has 0 spiro atoms. The summed E-state index contributed by atoms with van der Waals surface area (Å²) in [5.74, 6) is -1.01. The molecule has 1 aliphatic heterocycles. The third-order valence-electron chi connectivity index (χ3n) is 4.00. The highest BCUT2D eigenvalue weighted by Gasteiger charge is 2.36. The Morgan fingerprint density at radius 2 is 2.08 bits per heavy atom. The van der Waals surface area contributed by atoms with Crippen molar-refractivity contribution in [3.8, 4) is 0 Å². The molecule has 1 fully saturated rings. The van der Waals surface area contributed by atoms with Crippen molar-refractivity contribution in [3.63, 3.8) is 0 Å². The fourth-order valence-corrected chi connectivity index (χ4v) is 2.77. The van der Waals surface area contributed by atoms with Crippen LogP contribution in [0.25, 0.3) is 0 Å². The molecule has 8 nitrogen and oxygen atoms in total. The van der Waals surface area contributed by atoms with Gasteiger partial charge in [-0.3, -0.25) is 0 Å². The summed E-state index contributed by atoms with van der Waals surface area (Å²) in [7, 11) is 0. The first kappa shape index (κ1) is 20.1. The van der Waals surface area contributed by atoms with Gasteiger partial charge in [0.05, 0.1) is 16.6 Å². The minimum atomic E-state index is -0.597. The monoisotopic (exact) mass is 384 g/mol. The number of nitrogens with two attached hydrogens (primary N) is 1. The lowest BCUT2D eigenvalue weighted by Gasteiger charge is -2.37. The van der Waals surface area contributed by atoms with Gasteiger partial charge in [-0.2, -0.15) is 0 Å². The molecule has 26 heavy (non-hydrogen) atoms. The molecule has 1 unspecified atom stereocenters. The number of H-pyrrole nitrogens is 1. The quantitative estimate of drug-likeness (QED) is 0.360. The summed E-state index contributed by atoms with van der Waals surface area (Å²) in [5, 5.41) is 4.12. The zero-order chi connectivity index (χ0) is 19.5. The Hall–Kier alpha value is -2.22. The summed E-state index contributed by atoms with van der Waals surface area (Å²) < 4.78 is 5.40. The number of nitrogens with zero attached hydrogens (tertiary/aromatic N) is 2. The molecule has 2 rings (SSSR count). The Morgan fingerprint density at radius 3 is 2.65 bits per heavy atom. The number of hydrogen-bond acceptors (Lipinski definition) is 5. The Labute approximate surface area is 157 Å². The second-order valence-electron chi connectivity index (χ2n) is 7.37. The van der Waals surface area contributed by atoms with Gasteiger partial charge in [0, 0.05) is 18.8 Å². The maximum atomic E-state index is 12.3. The van der Waals surface area contributed by atoms with E-state index in [1.54, 1.807) is 37.9 Å². The number of rotatable bonds is 3. The van der Waals surface area contributed by atoms with Crippen molar-refractivity contribution in [1.82, 2.24) is 9.88 Å². The maximum absolute atomic E-state index is 12.3. The normalized spacial score (nSPS) is 21.4. The van der Waals surface area contributed by atoms with E-state index in [0.29, 0.717) is 23.6 Å². The van der Waals surface area contributed by atoms with Crippen LogP contribution >= 0.6 is 11.6 Å². The van der Waals surface area contributed by atoms with Crippen molar-refractivity contribution < 1.29 is 19.2 Å². The van der Waals surface area contributed by atoms with Gasteiger partial charge in [-0.25, -0.2) is 9.59 Å². The van der Waals surface area contributed by atoms with Crippen LogP contribution in [0.1, 0.15) is 46.2 Å². The predicted molar refractivity (Wildman–Crippen MR) is 97.7 cm³/mol.